The fourth-order valence-electron chi connectivity index (χ4n) is 1.77. The molecule has 1 aromatic heterocycles. The second-order valence-electron chi connectivity index (χ2n) is 4.78. The molecular weight excluding hydrogens is 358 g/mol. The lowest BCUT2D eigenvalue weighted by Crippen LogP contribution is -2.19. The summed E-state index contributed by atoms with van der Waals surface area (Å²) in [6.45, 7) is 5.88. The summed E-state index contributed by atoms with van der Waals surface area (Å²) in [6.07, 6.45) is 1.43. The molecule has 3 nitrogen and oxygen atoms in total. The van der Waals surface area contributed by atoms with Gasteiger partial charge < -0.3 is 9.73 Å². The fourth-order valence-corrected chi connectivity index (χ4v) is 2.49. The van der Waals surface area contributed by atoms with Crippen molar-refractivity contribution in [2.75, 3.05) is 6.54 Å². The molecule has 5 heteroatoms. The normalized spacial score (nSPS) is 11.2. The van der Waals surface area contributed by atoms with Crippen LogP contribution in [0.2, 0.25) is 0 Å². The van der Waals surface area contributed by atoms with Crippen LogP contribution in [0.5, 0.6) is 0 Å². The SMILES string of the molecule is CC(C)CNCc1ncoc1-c1ccc(F)cc1I. The Morgan fingerprint density at radius 2 is 2.21 bits per heavy atom. The molecule has 0 aliphatic carbocycles. The predicted octanol–water partition coefficient (Wildman–Crippen LogP) is 3.83. The van der Waals surface area contributed by atoms with Crippen molar-refractivity contribution in [2.45, 2.75) is 20.4 Å². The van der Waals surface area contributed by atoms with Crippen LogP contribution in [-0.4, -0.2) is 11.5 Å². The van der Waals surface area contributed by atoms with Crippen LogP contribution < -0.4 is 5.32 Å². The van der Waals surface area contributed by atoms with Gasteiger partial charge in [0.1, 0.15) is 11.5 Å². The highest BCUT2D eigenvalue weighted by atomic mass is 127. The molecule has 0 radical (unpaired) electrons. The van der Waals surface area contributed by atoms with E-state index in [-0.39, 0.29) is 5.82 Å². The molecule has 102 valence electrons. The first-order chi connectivity index (χ1) is 9.08. The highest BCUT2D eigenvalue weighted by Gasteiger charge is 2.14. The van der Waals surface area contributed by atoms with E-state index < -0.39 is 0 Å². The van der Waals surface area contributed by atoms with Crippen molar-refractivity contribution in [3.8, 4) is 11.3 Å². The summed E-state index contributed by atoms with van der Waals surface area (Å²) in [6, 6.07) is 4.65. The molecule has 0 unspecified atom stereocenters. The van der Waals surface area contributed by atoms with Gasteiger partial charge in [0.15, 0.2) is 12.2 Å². The summed E-state index contributed by atoms with van der Waals surface area (Å²) in [5.74, 6) is 1.05. The van der Waals surface area contributed by atoms with Crippen LogP contribution in [0.3, 0.4) is 0 Å². The summed E-state index contributed by atoms with van der Waals surface area (Å²) < 4.78 is 19.4. The number of nitrogens with zero attached hydrogens (tertiary/aromatic N) is 1. The second-order valence-corrected chi connectivity index (χ2v) is 5.94. The number of rotatable bonds is 5. The van der Waals surface area contributed by atoms with E-state index in [0.29, 0.717) is 18.2 Å². The van der Waals surface area contributed by atoms with Crippen molar-refractivity contribution in [2.24, 2.45) is 5.92 Å². The van der Waals surface area contributed by atoms with Crippen molar-refractivity contribution in [1.29, 1.82) is 0 Å². The van der Waals surface area contributed by atoms with E-state index in [1.54, 1.807) is 6.07 Å². The third kappa shape index (κ3) is 3.76. The van der Waals surface area contributed by atoms with Gasteiger partial charge >= 0.3 is 0 Å². The van der Waals surface area contributed by atoms with Gasteiger partial charge in [-0.15, -0.1) is 0 Å². The fraction of sp³-hybridized carbons (Fsp3) is 0.357. The Hall–Kier alpha value is -0.950. The minimum atomic E-state index is -0.243. The second kappa shape index (κ2) is 6.47. The van der Waals surface area contributed by atoms with E-state index >= 15 is 0 Å². The molecule has 2 aromatic rings. The Morgan fingerprint density at radius 3 is 2.89 bits per heavy atom. The van der Waals surface area contributed by atoms with Gasteiger partial charge in [-0.05, 0) is 53.3 Å². The van der Waals surface area contributed by atoms with Gasteiger partial charge in [-0.25, -0.2) is 9.37 Å². The summed E-state index contributed by atoms with van der Waals surface area (Å²) in [7, 11) is 0. The Labute approximate surface area is 125 Å². The van der Waals surface area contributed by atoms with Crippen LogP contribution >= 0.6 is 22.6 Å². The molecule has 0 bridgehead atoms. The van der Waals surface area contributed by atoms with Crippen LogP contribution in [-0.2, 0) is 6.54 Å². The lowest BCUT2D eigenvalue weighted by atomic mass is 10.1. The zero-order valence-corrected chi connectivity index (χ0v) is 13.1. The number of halogens is 2. The molecule has 19 heavy (non-hydrogen) atoms. The molecule has 0 aliphatic rings. The Bertz CT molecular complexity index is 554. The quantitative estimate of drug-likeness (QED) is 0.809. The standard InChI is InChI=1S/C14H16FIN2O/c1-9(2)6-17-7-13-14(19-8-18-13)11-4-3-10(15)5-12(11)16/h3-5,8-9,17H,6-7H2,1-2H3. The third-order valence-corrected chi connectivity index (χ3v) is 3.55. The van der Waals surface area contributed by atoms with Gasteiger partial charge in [-0.2, -0.15) is 0 Å². The average molecular weight is 374 g/mol. The maximum Gasteiger partial charge on any atom is 0.181 e. The van der Waals surface area contributed by atoms with Crippen LogP contribution in [0.4, 0.5) is 4.39 Å². The van der Waals surface area contributed by atoms with E-state index in [2.05, 4.69) is 46.7 Å². The summed E-state index contributed by atoms with van der Waals surface area (Å²) in [4.78, 5) is 4.23. The number of oxazole rings is 1. The maximum atomic E-state index is 13.1. The smallest absolute Gasteiger partial charge is 0.181 e. The Morgan fingerprint density at radius 1 is 1.42 bits per heavy atom. The first-order valence-electron chi connectivity index (χ1n) is 6.16. The lowest BCUT2D eigenvalue weighted by Gasteiger charge is -2.07. The van der Waals surface area contributed by atoms with Crippen LogP contribution in [0.25, 0.3) is 11.3 Å². The monoisotopic (exact) mass is 374 g/mol. The number of benzene rings is 1. The molecule has 2 rings (SSSR count). The van der Waals surface area contributed by atoms with Gasteiger partial charge in [0.25, 0.3) is 0 Å². The van der Waals surface area contributed by atoms with Gasteiger partial charge in [-0.1, -0.05) is 13.8 Å². The molecule has 1 heterocycles. The number of hydrogen-bond acceptors (Lipinski definition) is 3. The first kappa shape index (κ1) is 14.5. The van der Waals surface area contributed by atoms with E-state index in [4.69, 9.17) is 4.42 Å². The highest BCUT2D eigenvalue weighted by molar-refractivity contribution is 14.1. The summed E-state index contributed by atoms with van der Waals surface area (Å²) in [5.41, 5.74) is 1.73. The zero-order chi connectivity index (χ0) is 13.8. The van der Waals surface area contributed by atoms with Crippen LogP contribution in [0.15, 0.2) is 29.0 Å². The molecule has 0 fully saturated rings. The molecule has 0 saturated carbocycles. The van der Waals surface area contributed by atoms with Crippen molar-refractivity contribution in [1.82, 2.24) is 10.3 Å². The van der Waals surface area contributed by atoms with Crippen LogP contribution in [0.1, 0.15) is 19.5 Å². The van der Waals surface area contributed by atoms with Crippen molar-refractivity contribution >= 4 is 22.6 Å². The van der Waals surface area contributed by atoms with Gasteiger partial charge in [0, 0.05) is 15.7 Å². The number of hydrogen-bond donors (Lipinski definition) is 1. The molecule has 0 atom stereocenters. The van der Waals surface area contributed by atoms with Gasteiger partial charge in [-0.3, -0.25) is 0 Å². The number of nitrogens with one attached hydrogen (secondary N) is 1. The third-order valence-electron chi connectivity index (χ3n) is 2.66. The van der Waals surface area contributed by atoms with Crippen LogP contribution in [0, 0.1) is 15.3 Å². The van der Waals surface area contributed by atoms with Gasteiger partial charge in [0.05, 0.1) is 0 Å². The van der Waals surface area contributed by atoms with E-state index in [1.165, 1.54) is 18.5 Å². The molecule has 1 aromatic carbocycles. The molecular formula is C14H16FIN2O. The van der Waals surface area contributed by atoms with E-state index in [1.807, 2.05) is 0 Å². The molecule has 1 N–H and O–H groups in total. The Kier molecular flexibility index (Phi) is 4.93. The first-order valence-corrected chi connectivity index (χ1v) is 7.24. The summed E-state index contributed by atoms with van der Waals surface area (Å²) in [5, 5.41) is 3.33. The van der Waals surface area contributed by atoms with Gasteiger partial charge in [0.2, 0.25) is 0 Å². The molecule has 0 spiro atoms. The molecule has 0 amide bonds. The predicted molar refractivity (Wildman–Crippen MR) is 81.2 cm³/mol. The highest BCUT2D eigenvalue weighted by Crippen LogP contribution is 2.28. The zero-order valence-electron chi connectivity index (χ0n) is 10.9. The molecule has 0 saturated heterocycles. The Balaban J connectivity index is 2.19. The van der Waals surface area contributed by atoms with E-state index in [0.717, 1.165) is 21.4 Å². The molecule has 0 aliphatic heterocycles. The van der Waals surface area contributed by atoms with Crippen molar-refractivity contribution in [3.05, 3.63) is 39.7 Å². The minimum Gasteiger partial charge on any atom is -0.443 e. The minimum absolute atomic E-state index is 0.243. The number of aromatic nitrogens is 1. The summed E-state index contributed by atoms with van der Waals surface area (Å²) >= 11 is 2.10. The lowest BCUT2D eigenvalue weighted by molar-refractivity contribution is 0.544. The van der Waals surface area contributed by atoms with E-state index in [9.17, 15) is 4.39 Å². The largest absolute Gasteiger partial charge is 0.443 e. The average Bonchev–Trinajstić information content (AvgIpc) is 2.77. The van der Waals surface area contributed by atoms with Crippen molar-refractivity contribution < 1.29 is 8.81 Å². The maximum absolute atomic E-state index is 13.1. The van der Waals surface area contributed by atoms with Crippen molar-refractivity contribution in [3.63, 3.8) is 0 Å². The topological polar surface area (TPSA) is 38.1 Å².